The molecule has 0 aromatic heterocycles. The fraction of sp³-hybridized carbons (Fsp3) is 0. The van der Waals surface area contributed by atoms with Crippen LogP contribution in [0.5, 0.6) is 0 Å². The average molecular weight is 254 g/mol. The summed E-state index contributed by atoms with van der Waals surface area (Å²) in [6, 6.07) is 7.10. The van der Waals surface area contributed by atoms with Gasteiger partial charge in [-0.2, -0.15) is 5.26 Å². The van der Waals surface area contributed by atoms with Crippen LogP contribution in [0.3, 0.4) is 0 Å². The lowest BCUT2D eigenvalue weighted by Crippen LogP contribution is -2.36. The number of nitrogens with one attached hydrogen (secondary N) is 1. The molecule has 0 atom stereocenters. The topological polar surface area (TPSA) is 100 Å². The number of hydrogen-bond acceptors (Lipinski definition) is 3. The third-order valence-corrected chi connectivity index (χ3v) is 1.96. The van der Waals surface area contributed by atoms with E-state index in [0.29, 0.717) is 11.3 Å². The minimum Gasteiger partial charge on any atom is -0.369 e. The fourth-order valence-corrected chi connectivity index (χ4v) is 1.22. The van der Waals surface area contributed by atoms with E-state index in [0.717, 1.165) is 4.47 Å². The van der Waals surface area contributed by atoms with Crippen molar-refractivity contribution in [3.05, 3.63) is 28.2 Å². The number of nitrogens with zero attached hydrogens (tertiary/aromatic N) is 2. The summed E-state index contributed by atoms with van der Waals surface area (Å²) < 4.78 is 0.812. The number of hydrazine groups is 1. The summed E-state index contributed by atoms with van der Waals surface area (Å²) in [6.45, 7) is 0. The molecule has 1 rings (SSSR count). The number of halogens is 1. The first-order valence-corrected chi connectivity index (χ1v) is 4.47. The summed E-state index contributed by atoms with van der Waals surface area (Å²) in [5, 5.41) is 8.80. The summed E-state index contributed by atoms with van der Waals surface area (Å²) >= 11 is 3.25. The molecule has 6 heteroatoms. The highest BCUT2D eigenvalue weighted by Gasteiger charge is 2.01. The van der Waals surface area contributed by atoms with Crippen LogP contribution in [0.25, 0.3) is 0 Å². The molecule has 0 spiro atoms. The molecule has 5 N–H and O–H groups in total. The van der Waals surface area contributed by atoms with Crippen LogP contribution in [0, 0.1) is 11.3 Å². The first-order valence-electron chi connectivity index (χ1n) is 3.68. The molecule has 0 heterocycles. The van der Waals surface area contributed by atoms with Gasteiger partial charge in [0.15, 0.2) is 0 Å². The Labute approximate surface area is 89.5 Å². The number of nitriles is 1. The molecule has 5 nitrogen and oxygen atoms in total. The van der Waals surface area contributed by atoms with Crippen LogP contribution in [-0.4, -0.2) is 5.96 Å². The van der Waals surface area contributed by atoms with Gasteiger partial charge in [0.05, 0.1) is 11.3 Å². The minimum atomic E-state index is 0.0591. The summed E-state index contributed by atoms with van der Waals surface area (Å²) in [6.07, 6.45) is 0. The number of hydrogen-bond donors (Lipinski definition) is 3. The highest BCUT2D eigenvalue weighted by molar-refractivity contribution is 9.10. The van der Waals surface area contributed by atoms with Crippen LogP contribution in [0.4, 0.5) is 5.69 Å². The van der Waals surface area contributed by atoms with E-state index in [-0.39, 0.29) is 5.96 Å². The van der Waals surface area contributed by atoms with E-state index < -0.39 is 0 Å². The molecule has 0 saturated heterocycles. The normalized spacial score (nSPS) is 10.8. The van der Waals surface area contributed by atoms with Crippen molar-refractivity contribution < 1.29 is 0 Å². The Morgan fingerprint density at radius 3 is 2.86 bits per heavy atom. The van der Waals surface area contributed by atoms with Gasteiger partial charge in [-0.25, -0.2) is 10.8 Å². The second-order valence-electron chi connectivity index (χ2n) is 2.41. The van der Waals surface area contributed by atoms with Gasteiger partial charge in [-0.05, 0) is 18.2 Å². The number of benzene rings is 1. The monoisotopic (exact) mass is 253 g/mol. The summed E-state index contributed by atoms with van der Waals surface area (Å²) in [5.74, 6) is 5.10. The predicted molar refractivity (Wildman–Crippen MR) is 57.5 cm³/mol. The highest BCUT2D eigenvalue weighted by atomic mass is 79.9. The largest absolute Gasteiger partial charge is 0.369 e. The van der Waals surface area contributed by atoms with E-state index >= 15 is 0 Å². The second kappa shape index (κ2) is 4.60. The maximum absolute atomic E-state index is 8.80. The lowest BCUT2D eigenvalue weighted by atomic mass is 10.2. The molecular weight excluding hydrogens is 246 g/mol. The van der Waals surface area contributed by atoms with Crippen LogP contribution in [0.1, 0.15) is 5.56 Å². The molecule has 0 aliphatic carbocycles. The van der Waals surface area contributed by atoms with Gasteiger partial charge in [0.25, 0.3) is 0 Å². The molecular formula is C8H8BrN5. The number of aliphatic imine (C=N–C) groups is 1. The SMILES string of the molecule is N#Cc1cc(Br)ccc1N=C(N)NN. The van der Waals surface area contributed by atoms with Gasteiger partial charge < -0.3 is 5.73 Å². The molecule has 0 amide bonds. The van der Waals surface area contributed by atoms with Crippen LogP contribution in [0.2, 0.25) is 0 Å². The second-order valence-corrected chi connectivity index (χ2v) is 3.33. The third kappa shape index (κ3) is 2.45. The molecule has 1 aromatic rings. The van der Waals surface area contributed by atoms with Crippen LogP contribution < -0.4 is 17.0 Å². The number of rotatable bonds is 1. The van der Waals surface area contributed by atoms with Gasteiger partial charge in [0, 0.05) is 4.47 Å². The van der Waals surface area contributed by atoms with Gasteiger partial charge in [-0.3, -0.25) is 5.43 Å². The van der Waals surface area contributed by atoms with E-state index in [9.17, 15) is 0 Å². The zero-order valence-corrected chi connectivity index (χ0v) is 8.75. The van der Waals surface area contributed by atoms with Crippen molar-refractivity contribution in [3.63, 3.8) is 0 Å². The van der Waals surface area contributed by atoms with Crippen molar-refractivity contribution in [1.29, 1.82) is 5.26 Å². The number of guanidine groups is 1. The molecule has 0 radical (unpaired) electrons. The molecule has 14 heavy (non-hydrogen) atoms. The molecule has 0 unspecified atom stereocenters. The van der Waals surface area contributed by atoms with Gasteiger partial charge in [0.2, 0.25) is 5.96 Å². The number of nitrogens with two attached hydrogens (primary N) is 2. The zero-order chi connectivity index (χ0) is 10.6. The van der Waals surface area contributed by atoms with E-state index in [1.807, 2.05) is 6.07 Å². The van der Waals surface area contributed by atoms with Gasteiger partial charge in [0.1, 0.15) is 6.07 Å². The van der Waals surface area contributed by atoms with Crippen LogP contribution in [-0.2, 0) is 0 Å². The molecule has 0 saturated carbocycles. The third-order valence-electron chi connectivity index (χ3n) is 1.47. The van der Waals surface area contributed by atoms with Gasteiger partial charge in [-0.15, -0.1) is 0 Å². The highest BCUT2D eigenvalue weighted by Crippen LogP contribution is 2.22. The van der Waals surface area contributed by atoms with Crippen LogP contribution >= 0.6 is 15.9 Å². The smallest absolute Gasteiger partial charge is 0.208 e. The summed E-state index contributed by atoms with van der Waals surface area (Å²) in [5.41, 5.74) is 8.45. The maximum Gasteiger partial charge on any atom is 0.208 e. The standard InChI is InChI=1S/C8H8BrN5/c9-6-1-2-7(5(3-6)4-10)13-8(11)14-12/h1-3H,12H2,(H3,11,13,14). The van der Waals surface area contributed by atoms with E-state index in [4.69, 9.17) is 16.8 Å². The summed E-state index contributed by atoms with van der Waals surface area (Å²) in [4.78, 5) is 3.90. The first kappa shape index (κ1) is 10.5. The Morgan fingerprint density at radius 1 is 1.57 bits per heavy atom. The minimum absolute atomic E-state index is 0.0591. The lowest BCUT2D eigenvalue weighted by Gasteiger charge is -2.00. The molecule has 72 valence electrons. The van der Waals surface area contributed by atoms with Crippen molar-refractivity contribution in [2.45, 2.75) is 0 Å². The Kier molecular flexibility index (Phi) is 3.45. The Balaban J connectivity index is 3.17. The predicted octanol–water partition coefficient (Wildman–Crippen LogP) is 0.730. The average Bonchev–Trinajstić information content (AvgIpc) is 2.20. The zero-order valence-electron chi connectivity index (χ0n) is 7.16. The fourth-order valence-electron chi connectivity index (χ4n) is 0.857. The quantitative estimate of drug-likeness (QED) is 0.297. The van der Waals surface area contributed by atoms with Crippen molar-refractivity contribution in [2.75, 3.05) is 0 Å². The molecule has 0 bridgehead atoms. The molecule has 0 aliphatic heterocycles. The molecule has 0 aliphatic rings. The van der Waals surface area contributed by atoms with Crippen molar-refractivity contribution in [2.24, 2.45) is 16.6 Å². The summed E-state index contributed by atoms with van der Waals surface area (Å²) in [7, 11) is 0. The van der Waals surface area contributed by atoms with Crippen molar-refractivity contribution in [3.8, 4) is 6.07 Å². The Morgan fingerprint density at radius 2 is 2.29 bits per heavy atom. The van der Waals surface area contributed by atoms with E-state index in [1.165, 1.54) is 0 Å². The van der Waals surface area contributed by atoms with Gasteiger partial charge >= 0.3 is 0 Å². The Bertz CT molecular complexity index is 407. The van der Waals surface area contributed by atoms with Crippen molar-refractivity contribution >= 4 is 27.6 Å². The first-order chi connectivity index (χ1) is 6.67. The molecule has 1 aromatic carbocycles. The van der Waals surface area contributed by atoms with Crippen LogP contribution in [0.15, 0.2) is 27.7 Å². The molecule has 0 fully saturated rings. The van der Waals surface area contributed by atoms with E-state index in [1.54, 1.807) is 18.2 Å². The Hall–Kier alpha value is -1.58. The lowest BCUT2D eigenvalue weighted by molar-refractivity contribution is 1.01. The maximum atomic E-state index is 8.80. The van der Waals surface area contributed by atoms with Gasteiger partial charge in [-0.1, -0.05) is 15.9 Å². The van der Waals surface area contributed by atoms with E-state index in [2.05, 4.69) is 26.3 Å². The van der Waals surface area contributed by atoms with Crippen molar-refractivity contribution in [1.82, 2.24) is 5.43 Å².